The molecule has 5 nitrogen and oxygen atoms in total. The fourth-order valence-corrected chi connectivity index (χ4v) is 2.15. The number of halogens is 2. The third-order valence-electron chi connectivity index (χ3n) is 3.10. The summed E-state index contributed by atoms with van der Waals surface area (Å²) in [7, 11) is 1.50. The molecule has 0 saturated heterocycles. The van der Waals surface area contributed by atoms with Crippen LogP contribution in [0.3, 0.4) is 0 Å². The molecule has 0 unspecified atom stereocenters. The molecule has 114 valence electrons. The third-order valence-corrected chi connectivity index (χ3v) is 3.42. The number of amides is 1. The number of carbonyl (C=O) groups is 1. The van der Waals surface area contributed by atoms with Crippen LogP contribution in [-0.2, 0) is 6.54 Å². The van der Waals surface area contributed by atoms with E-state index < -0.39 is 16.6 Å². The quantitative estimate of drug-likeness (QED) is 0.637. The van der Waals surface area contributed by atoms with Gasteiger partial charge >= 0.3 is 0 Å². The van der Waals surface area contributed by atoms with Crippen LogP contribution in [-0.4, -0.2) is 22.8 Å². The zero-order valence-corrected chi connectivity index (χ0v) is 12.4. The van der Waals surface area contributed by atoms with E-state index >= 15 is 0 Å². The molecule has 0 spiro atoms. The molecule has 0 radical (unpaired) electrons. The van der Waals surface area contributed by atoms with Crippen molar-refractivity contribution >= 4 is 23.2 Å². The first kappa shape index (κ1) is 15.9. The normalized spacial score (nSPS) is 10.3. The summed E-state index contributed by atoms with van der Waals surface area (Å²) in [5, 5.41) is 10.8. The van der Waals surface area contributed by atoms with Crippen molar-refractivity contribution in [2.75, 3.05) is 7.05 Å². The third kappa shape index (κ3) is 3.40. The SMILES string of the molecule is CN(Cc1ccccc1F)C(=O)c1ccc(Cl)c([N+](=O)[O-])c1. The lowest BCUT2D eigenvalue weighted by Crippen LogP contribution is -2.26. The van der Waals surface area contributed by atoms with Gasteiger partial charge in [0.15, 0.2) is 0 Å². The molecular weight excluding hydrogens is 311 g/mol. The number of nitro benzene ring substituents is 1. The van der Waals surface area contributed by atoms with Crippen molar-refractivity contribution < 1.29 is 14.1 Å². The molecule has 0 aliphatic heterocycles. The Morgan fingerprint density at radius 3 is 2.64 bits per heavy atom. The molecule has 0 bridgehead atoms. The Bertz CT molecular complexity index is 736. The second-order valence-corrected chi connectivity index (χ2v) is 5.08. The van der Waals surface area contributed by atoms with Crippen LogP contribution in [0, 0.1) is 15.9 Å². The predicted octanol–water partition coefficient (Wildman–Crippen LogP) is 3.66. The number of nitro groups is 1. The number of hydrogen-bond acceptors (Lipinski definition) is 3. The van der Waals surface area contributed by atoms with E-state index in [4.69, 9.17) is 11.6 Å². The average molecular weight is 323 g/mol. The van der Waals surface area contributed by atoms with Crippen molar-refractivity contribution in [3.63, 3.8) is 0 Å². The van der Waals surface area contributed by atoms with Gasteiger partial charge in [0.2, 0.25) is 0 Å². The second-order valence-electron chi connectivity index (χ2n) is 4.68. The van der Waals surface area contributed by atoms with Crippen LogP contribution >= 0.6 is 11.6 Å². The van der Waals surface area contributed by atoms with Gasteiger partial charge in [-0.25, -0.2) is 4.39 Å². The standard InChI is InChI=1S/C15H12ClFN2O3/c1-18(9-11-4-2-3-5-13(11)17)15(20)10-6-7-12(16)14(8-10)19(21)22/h2-8H,9H2,1H3. The predicted molar refractivity (Wildman–Crippen MR) is 80.3 cm³/mol. The summed E-state index contributed by atoms with van der Waals surface area (Å²) >= 11 is 5.71. The van der Waals surface area contributed by atoms with E-state index in [0.717, 1.165) is 6.07 Å². The topological polar surface area (TPSA) is 63.5 Å². The van der Waals surface area contributed by atoms with Crippen LogP contribution in [0.4, 0.5) is 10.1 Å². The van der Waals surface area contributed by atoms with Crippen molar-refractivity contribution in [3.05, 3.63) is 74.5 Å². The Kier molecular flexibility index (Phi) is 4.72. The lowest BCUT2D eigenvalue weighted by Gasteiger charge is -2.17. The van der Waals surface area contributed by atoms with Crippen LogP contribution in [0.5, 0.6) is 0 Å². The van der Waals surface area contributed by atoms with Gasteiger partial charge in [0.1, 0.15) is 10.8 Å². The number of carbonyl (C=O) groups excluding carboxylic acids is 1. The van der Waals surface area contributed by atoms with Gasteiger partial charge in [-0.15, -0.1) is 0 Å². The molecule has 2 aromatic rings. The summed E-state index contributed by atoms with van der Waals surface area (Å²) in [5.41, 5.74) is 0.142. The summed E-state index contributed by atoms with van der Waals surface area (Å²) in [6.45, 7) is 0.0575. The highest BCUT2D eigenvalue weighted by Crippen LogP contribution is 2.25. The van der Waals surface area contributed by atoms with E-state index in [0.29, 0.717) is 5.56 Å². The lowest BCUT2D eigenvalue weighted by molar-refractivity contribution is -0.384. The summed E-state index contributed by atoms with van der Waals surface area (Å²) in [6.07, 6.45) is 0. The zero-order chi connectivity index (χ0) is 16.3. The van der Waals surface area contributed by atoms with Crippen molar-refractivity contribution in [2.24, 2.45) is 0 Å². The maximum Gasteiger partial charge on any atom is 0.288 e. The smallest absolute Gasteiger partial charge is 0.288 e. The Balaban J connectivity index is 2.23. The molecule has 0 atom stereocenters. The van der Waals surface area contributed by atoms with Gasteiger partial charge in [-0.05, 0) is 18.2 Å². The van der Waals surface area contributed by atoms with E-state index in [-0.39, 0.29) is 22.8 Å². The largest absolute Gasteiger partial charge is 0.337 e. The molecule has 1 amide bonds. The van der Waals surface area contributed by atoms with Gasteiger partial charge in [0.05, 0.1) is 4.92 Å². The molecule has 22 heavy (non-hydrogen) atoms. The lowest BCUT2D eigenvalue weighted by atomic mass is 10.1. The molecule has 0 fully saturated rings. The Hall–Kier alpha value is -2.47. The maximum absolute atomic E-state index is 13.6. The molecule has 0 aromatic heterocycles. The van der Waals surface area contributed by atoms with Gasteiger partial charge in [0.25, 0.3) is 11.6 Å². The van der Waals surface area contributed by atoms with E-state index in [1.165, 1.54) is 30.1 Å². The first-order valence-electron chi connectivity index (χ1n) is 6.33. The van der Waals surface area contributed by atoms with Crippen LogP contribution in [0.15, 0.2) is 42.5 Å². The van der Waals surface area contributed by atoms with Crippen LogP contribution in [0.1, 0.15) is 15.9 Å². The van der Waals surface area contributed by atoms with Gasteiger partial charge in [-0.1, -0.05) is 29.8 Å². The molecule has 2 aromatic carbocycles. The fourth-order valence-electron chi connectivity index (χ4n) is 1.96. The summed E-state index contributed by atoms with van der Waals surface area (Å²) < 4.78 is 13.6. The van der Waals surface area contributed by atoms with Crippen LogP contribution in [0.2, 0.25) is 5.02 Å². The molecule has 0 aliphatic rings. The van der Waals surface area contributed by atoms with Crippen molar-refractivity contribution in [3.8, 4) is 0 Å². The fraction of sp³-hybridized carbons (Fsp3) is 0.133. The first-order valence-corrected chi connectivity index (χ1v) is 6.70. The van der Waals surface area contributed by atoms with E-state index in [2.05, 4.69) is 0 Å². The van der Waals surface area contributed by atoms with E-state index in [1.54, 1.807) is 18.2 Å². The highest BCUT2D eigenvalue weighted by molar-refractivity contribution is 6.32. The number of rotatable bonds is 4. The highest BCUT2D eigenvalue weighted by Gasteiger charge is 2.19. The van der Waals surface area contributed by atoms with Crippen molar-refractivity contribution in [1.82, 2.24) is 4.90 Å². The monoisotopic (exact) mass is 322 g/mol. The van der Waals surface area contributed by atoms with Gasteiger partial charge < -0.3 is 4.90 Å². The molecule has 0 aliphatic carbocycles. The maximum atomic E-state index is 13.6. The minimum Gasteiger partial charge on any atom is -0.337 e. The van der Waals surface area contributed by atoms with Crippen LogP contribution in [0.25, 0.3) is 0 Å². The van der Waals surface area contributed by atoms with E-state index in [9.17, 15) is 19.3 Å². The van der Waals surface area contributed by atoms with Gasteiger partial charge in [-0.2, -0.15) is 0 Å². The molecular formula is C15H12ClFN2O3. The Labute approximate surface area is 131 Å². The zero-order valence-electron chi connectivity index (χ0n) is 11.6. The van der Waals surface area contributed by atoms with Gasteiger partial charge in [-0.3, -0.25) is 14.9 Å². The Morgan fingerprint density at radius 2 is 2.00 bits per heavy atom. The molecule has 0 heterocycles. The molecule has 0 saturated carbocycles. The first-order chi connectivity index (χ1) is 10.4. The second kappa shape index (κ2) is 6.53. The van der Waals surface area contributed by atoms with Crippen molar-refractivity contribution in [1.29, 1.82) is 0 Å². The number of benzene rings is 2. The minimum atomic E-state index is -0.657. The van der Waals surface area contributed by atoms with Crippen molar-refractivity contribution in [2.45, 2.75) is 6.54 Å². The number of hydrogen-bond donors (Lipinski definition) is 0. The average Bonchev–Trinajstić information content (AvgIpc) is 2.49. The summed E-state index contributed by atoms with van der Waals surface area (Å²) in [5.74, 6) is -0.868. The number of nitrogens with zero attached hydrogens (tertiary/aromatic N) is 2. The minimum absolute atomic E-state index is 0.0432. The van der Waals surface area contributed by atoms with Gasteiger partial charge in [0, 0.05) is 30.8 Å². The summed E-state index contributed by atoms with van der Waals surface area (Å²) in [4.78, 5) is 23.8. The molecule has 7 heteroatoms. The summed E-state index contributed by atoms with van der Waals surface area (Å²) in [6, 6.07) is 9.92. The highest BCUT2D eigenvalue weighted by atomic mass is 35.5. The molecule has 2 rings (SSSR count). The van der Waals surface area contributed by atoms with Crippen LogP contribution < -0.4 is 0 Å². The molecule has 0 N–H and O–H groups in total. The van der Waals surface area contributed by atoms with E-state index in [1.807, 2.05) is 0 Å². The Morgan fingerprint density at radius 1 is 1.32 bits per heavy atom.